The number of nitrogen functional groups attached to an aromatic ring is 1. The fraction of sp³-hybridized carbons (Fsp3) is 0.200. The molecule has 0 spiro atoms. The van der Waals surface area contributed by atoms with Gasteiger partial charge in [-0.25, -0.2) is 0 Å². The first-order chi connectivity index (χ1) is 8.15. The summed E-state index contributed by atoms with van der Waals surface area (Å²) >= 11 is 0. The molecule has 0 bridgehead atoms. The third kappa shape index (κ3) is 2.77. The molecule has 7 nitrogen and oxygen atoms in total. The largest absolute Gasteiger partial charge is 0.399 e. The van der Waals surface area contributed by atoms with E-state index in [0.717, 1.165) is 0 Å². The molecule has 0 radical (unpaired) electrons. The highest BCUT2D eigenvalue weighted by atomic mass is 16.5. The van der Waals surface area contributed by atoms with Crippen molar-refractivity contribution < 1.29 is 9.32 Å². The average Bonchev–Trinajstić information content (AvgIpc) is 2.72. The van der Waals surface area contributed by atoms with E-state index in [0.29, 0.717) is 17.4 Å². The average molecular weight is 233 g/mol. The minimum atomic E-state index is -0.340. The van der Waals surface area contributed by atoms with Gasteiger partial charge in [-0.05, 0) is 19.1 Å². The van der Waals surface area contributed by atoms with Crippen LogP contribution in [0.1, 0.15) is 22.2 Å². The molecule has 0 saturated carbocycles. The molecule has 2 heterocycles. The zero-order chi connectivity index (χ0) is 12.3. The van der Waals surface area contributed by atoms with Gasteiger partial charge in [-0.1, -0.05) is 5.16 Å². The van der Waals surface area contributed by atoms with E-state index < -0.39 is 0 Å². The molecule has 0 atom stereocenters. The molecule has 2 aromatic rings. The van der Waals surface area contributed by atoms with Crippen LogP contribution in [0.2, 0.25) is 0 Å². The number of amides is 1. The molecule has 7 heteroatoms. The van der Waals surface area contributed by atoms with Crippen LogP contribution in [0.15, 0.2) is 22.9 Å². The Morgan fingerprint density at radius 2 is 2.41 bits per heavy atom. The van der Waals surface area contributed by atoms with E-state index >= 15 is 0 Å². The van der Waals surface area contributed by atoms with Gasteiger partial charge in [0.1, 0.15) is 5.69 Å². The summed E-state index contributed by atoms with van der Waals surface area (Å²) in [5.41, 5.74) is 6.28. The van der Waals surface area contributed by atoms with Crippen LogP contribution in [0.4, 0.5) is 5.69 Å². The Bertz CT molecular complexity index is 537. The minimum absolute atomic E-state index is 0.163. The highest BCUT2D eigenvalue weighted by molar-refractivity contribution is 5.92. The topological polar surface area (TPSA) is 107 Å². The van der Waals surface area contributed by atoms with Gasteiger partial charge in [0.2, 0.25) is 5.89 Å². The number of pyridine rings is 1. The van der Waals surface area contributed by atoms with Crippen LogP contribution in [0.5, 0.6) is 0 Å². The molecule has 0 saturated heterocycles. The number of hydrogen-bond donors (Lipinski definition) is 2. The number of nitrogens with two attached hydrogens (primary N) is 1. The molecular weight excluding hydrogens is 222 g/mol. The second kappa shape index (κ2) is 4.60. The van der Waals surface area contributed by atoms with Gasteiger partial charge in [0.15, 0.2) is 5.82 Å². The SMILES string of the molecule is Cc1noc(CNC(=O)c2cc(N)ccn2)n1. The number of carbonyl (C=O) groups is 1. The Morgan fingerprint density at radius 1 is 1.59 bits per heavy atom. The van der Waals surface area contributed by atoms with E-state index in [1.807, 2.05) is 0 Å². The van der Waals surface area contributed by atoms with Crippen LogP contribution < -0.4 is 11.1 Å². The molecule has 2 rings (SSSR count). The Labute approximate surface area is 97.0 Å². The Kier molecular flexibility index (Phi) is 2.99. The zero-order valence-corrected chi connectivity index (χ0v) is 9.17. The fourth-order valence-electron chi connectivity index (χ4n) is 1.23. The lowest BCUT2D eigenvalue weighted by Gasteiger charge is -2.01. The maximum absolute atomic E-state index is 11.7. The molecule has 0 fully saturated rings. The first kappa shape index (κ1) is 11.1. The highest BCUT2D eigenvalue weighted by Gasteiger charge is 2.09. The monoisotopic (exact) mass is 233 g/mol. The summed E-state index contributed by atoms with van der Waals surface area (Å²) in [6.07, 6.45) is 1.47. The van der Waals surface area contributed by atoms with Crippen LogP contribution in [0.25, 0.3) is 0 Å². The maximum Gasteiger partial charge on any atom is 0.270 e. The molecule has 0 aromatic carbocycles. The van der Waals surface area contributed by atoms with Crippen molar-refractivity contribution in [3.63, 3.8) is 0 Å². The lowest BCUT2D eigenvalue weighted by Crippen LogP contribution is -2.24. The smallest absolute Gasteiger partial charge is 0.270 e. The summed E-state index contributed by atoms with van der Waals surface area (Å²) in [5, 5.41) is 6.21. The van der Waals surface area contributed by atoms with Gasteiger partial charge in [-0.2, -0.15) is 4.98 Å². The zero-order valence-electron chi connectivity index (χ0n) is 9.17. The molecule has 0 aliphatic carbocycles. The molecular formula is C10H11N5O2. The first-order valence-corrected chi connectivity index (χ1v) is 4.94. The summed E-state index contributed by atoms with van der Waals surface area (Å²) in [6, 6.07) is 3.10. The second-order valence-corrected chi connectivity index (χ2v) is 3.39. The number of anilines is 1. The van der Waals surface area contributed by atoms with Crippen LogP contribution in [-0.4, -0.2) is 21.0 Å². The molecule has 17 heavy (non-hydrogen) atoms. The normalized spacial score (nSPS) is 10.2. The van der Waals surface area contributed by atoms with Crippen molar-refractivity contribution in [3.05, 3.63) is 35.7 Å². The summed E-state index contributed by atoms with van der Waals surface area (Å²) < 4.78 is 4.85. The van der Waals surface area contributed by atoms with E-state index in [-0.39, 0.29) is 18.1 Å². The Morgan fingerprint density at radius 3 is 3.06 bits per heavy atom. The van der Waals surface area contributed by atoms with Crippen molar-refractivity contribution >= 4 is 11.6 Å². The second-order valence-electron chi connectivity index (χ2n) is 3.39. The number of nitrogens with zero attached hydrogens (tertiary/aromatic N) is 3. The fourth-order valence-corrected chi connectivity index (χ4v) is 1.23. The number of carbonyl (C=O) groups excluding carboxylic acids is 1. The quantitative estimate of drug-likeness (QED) is 0.788. The van der Waals surface area contributed by atoms with Gasteiger partial charge < -0.3 is 15.6 Å². The van der Waals surface area contributed by atoms with E-state index in [4.69, 9.17) is 10.3 Å². The third-order valence-corrected chi connectivity index (χ3v) is 1.99. The van der Waals surface area contributed by atoms with E-state index in [9.17, 15) is 4.79 Å². The van der Waals surface area contributed by atoms with Crippen LogP contribution >= 0.6 is 0 Å². The van der Waals surface area contributed by atoms with Crippen molar-refractivity contribution in [2.75, 3.05) is 5.73 Å². The molecule has 0 aliphatic heterocycles. The summed E-state index contributed by atoms with van der Waals surface area (Å²) in [7, 11) is 0. The predicted octanol–water partition coefficient (Wildman–Crippen LogP) is 0.285. The lowest BCUT2D eigenvalue weighted by atomic mass is 10.3. The minimum Gasteiger partial charge on any atom is -0.399 e. The molecule has 2 aromatic heterocycles. The van der Waals surface area contributed by atoms with Crippen LogP contribution in [-0.2, 0) is 6.54 Å². The number of nitrogens with one attached hydrogen (secondary N) is 1. The standard InChI is InChI=1S/C10H11N5O2/c1-6-14-9(17-15-6)5-13-10(16)8-4-7(11)2-3-12-8/h2-4H,5H2,1H3,(H2,11,12)(H,13,16). The maximum atomic E-state index is 11.7. The first-order valence-electron chi connectivity index (χ1n) is 4.94. The van der Waals surface area contributed by atoms with Gasteiger partial charge in [-0.3, -0.25) is 9.78 Å². The number of rotatable bonds is 3. The van der Waals surface area contributed by atoms with Gasteiger partial charge in [0, 0.05) is 11.9 Å². The third-order valence-electron chi connectivity index (χ3n) is 1.99. The van der Waals surface area contributed by atoms with Crippen LogP contribution in [0.3, 0.4) is 0 Å². The van der Waals surface area contributed by atoms with E-state index in [2.05, 4.69) is 20.4 Å². The molecule has 88 valence electrons. The lowest BCUT2D eigenvalue weighted by molar-refractivity contribution is 0.0941. The van der Waals surface area contributed by atoms with Gasteiger partial charge in [0.25, 0.3) is 5.91 Å². The van der Waals surface area contributed by atoms with Gasteiger partial charge in [-0.15, -0.1) is 0 Å². The van der Waals surface area contributed by atoms with Crippen LogP contribution in [0, 0.1) is 6.92 Å². The van der Waals surface area contributed by atoms with E-state index in [1.165, 1.54) is 12.3 Å². The van der Waals surface area contributed by atoms with Gasteiger partial charge >= 0.3 is 0 Å². The van der Waals surface area contributed by atoms with Gasteiger partial charge in [0.05, 0.1) is 6.54 Å². The van der Waals surface area contributed by atoms with Crippen molar-refractivity contribution in [1.82, 2.24) is 20.4 Å². The molecule has 3 N–H and O–H groups in total. The van der Waals surface area contributed by atoms with Crippen molar-refractivity contribution in [1.29, 1.82) is 0 Å². The highest BCUT2D eigenvalue weighted by Crippen LogP contribution is 2.03. The summed E-state index contributed by atoms with van der Waals surface area (Å²) in [4.78, 5) is 19.5. The summed E-state index contributed by atoms with van der Waals surface area (Å²) in [6.45, 7) is 1.87. The number of hydrogen-bond acceptors (Lipinski definition) is 6. The predicted molar refractivity (Wildman–Crippen MR) is 58.9 cm³/mol. The molecule has 0 aliphatic rings. The Hall–Kier alpha value is -2.44. The Balaban J connectivity index is 1.98. The number of aryl methyl sites for hydroxylation is 1. The van der Waals surface area contributed by atoms with Crippen molar-refractivity contribution in [2.45, 2.75) is 13.5 Å². The van der Waals surface area contributed by atoms with E-state index in [1.54, 1.807) is 13.0 Å². The van der Waals surface area contributed by atoms with Crippen molar-refractivity contribution in [3.8, 4) is 0 Å². The number of aromatic nitrogens is 3. The molecule has 0 unspecified atom stereocenters. The van der Waals surface area contributed by atoms with Crippen molar-refractivity contribution in [2.24, 2.45) is 0 Å². The summed E-state index contributed by atoms with van der Waals surface area (Å²) in [5.74, 6) is 0.532. The molecule has 1 amide bonds.